The van der Waals surface area contributed by atoms with Crippen molar-refractivity contribution in [1.29, 1.82) is 0 Å². The lowest BCUT2D eigenvalue weighted by atomic mass is 10.1. The van der Waals surface area contributed by atoms with Gasteiger partial charge in [0.1, 0.15) is 23.0 Å². The van der Waals surface area contributed by atoms with Crippen LogP contribution < -0.4 is 5.32 Å². The highest BCUT2D eigenvalue weighted by Crippen LogP contribution is 2.33. The Morgan fingerprint density at radius 2 is 1.82 bits per heavy atom. The molecule has 0 aliphatic heterocycles. The van der Waals surface area contributed by atoms with Gasteiger partial charge in [-0.2, -0.15) is 10.1 Å². The number of nitrogens with one attached hydrogen (secondary N) is 2. The van der Waals surface area contributed by atoms with E-state index in [1.807, 2.05) is 0 Å². The number of carbonyl (C=O) groups is 1. The van der Waals surface area contributed by atoms with E-state index < -0.39 is 11.7 Å². The predicted octanol–water partition coefficient (Wildman–Crippen LogP) is 5.72. The average Bonchev–Trinajstić information content (AvgIpc) is 3.67. The third kappa shape index (κ3) is 4.87. The van der Waals surface area contributed by atoms with Crippen molar-refractivity contribution in [3.05, 3.63) is 88.9 Å². The Morgan fingerprint density at radius 3 is 2.61 bits per heavy atom. The highest BCUT2D eigenvalue weighted by atomic mass is 35.5. The fourth-order valence-electron chi connectivity index (χ4n) is 4.84. The van der Waals surface area contributed by atoms with Crippen molar-refractivity contribution in [3.8, 4) is 16.8 Å². The number of aromatic amines is 1. The maximum atomic E-state index is 14.5. The normalized spacial score (nSPS) is 13.9. The van der Waals surface area contributed by atoms with Crippen LogP contribution in [0.1, 0.15) is 53.5 Å². The van der Waals surface area contributed by atoms with Gasteiger partial charge in [-0.3, -0.25) is 4.79 Å². The molecule has 1 saturated carbocycles. The minimum absolute atomic E-state index is 0.0580. The molecular weight excluding hydrogens is 512 g/mol. The van der Waals surface area contributed by atoms with Gasteiger partial charge in [0.05, 0.1) is 11.9 Å². The van der Waals surface area contributed by atoms with Crippen LogP contribution in [-0.2, 0) is 6.54 Å². The number of aromatic nitrogens is 6. The van der Waals surface area contributed by atoms with Crippen molar-refractivity contribution in [2.45, 2.75) is 38.1 Å². The second-order valence-electron chi connectivity index (χ2n) is 9.32. The third-order valence-electron chi connectivity index (χ3n) is 6.72. The lowest BCUT2D eigenvalue weighted by Gasteiger charge is -2.08. The summed E-state index contributed by atoms with van der Waals surface area (Å²) in [6.45, 7) is 0.0580. The van der Waals surface area contributed by atoms with Gasteiger partial charge in [-0.15, -0.1) is 0 Å². The number of hydrogen-bond donors (Lipinski definition) is 2. The van der Waals surface area contributed by atoms with Gasteiger partial charge in [-0.25, -0.2) is 23.4 Å². The first-order valence-corrected chi connectivity index (χ1v) is 12.6. The molecular formula is C27H22ClF2N7O. The van der Waals surface area contributed by atoms with E-state index in [-0.39, 0.29) is 23.3 Å². The molecule has 6 rings (SSSR count). The van der Waals surface area contributed by atoms with E-state index in [4.69, 9.17) is 11.6 Å². The second kappa shape index (κ2) is 9.94. The van der Waals surface area contributed by atoms with Gasteiger partial charge in [0.25, 0.3) is 5.91 Å². The number of amides is 1. The molecule has 8 nitrogen and oxygen atoms in total. The number of H-pyrrole nitrogens is 1. The maximum absolute atomic E-state index is 14.5. The van der Waals surface area contributed by atoms with Crippen molar-refractivity contribution >= 4 is 28.7 Å². The number of nitrogens with zero attached hydrogens (tertiary/aromatic N) is 5. The van der Waals surface area contributed by atoms with Crippen LogP contribution in [0.2, 0.25) is 5.28 Å². The Morgan fingerprint density at radius 1 is 1.03 bits per heavy atom. The van der Waals surface area contributed by atoms with Crippen LogP contribution in [0.4, 0.5) is 8.78 Å². The molecule has 1 aliphatic carbocycles. The van der Waals surface area contributed by atoms with Crippen molar-refractivity contribution in [1.82, 2.24) is 35.0 Å². The minimum Gasteiger partial charge on any atom is -0.347 e. The van der Waals surface area contributed by atoms with Gasteiger partial charge in [0.2, 0.25) is 5.28 Å². The van der Waals surface area contributed by atoms with E-state index in [2.05, 4.69) is 30.4 Å². The third-order valence-corrected chi connectivity index (χ3v) is 6.89. The van der Waals surface area contributed by atoms with Gasteiger partial charge in [-0.1, -0.05) is 12.8 Å². The molecule has 2 aromatic carbocycles. The molecule has 11 heteroatoms. The molecule has 0 unspecified atom stereocenters. The van der Waals surface area contributed by atoms with Crippen LogP contribution in [0.5, 0.6) is 0 Å². The Hall–Kier alpha value is -4.18. The standard InChI is InChI=1S/C27H22ClF2N7O/c28-27-34-23(22-25(36-27)35-24(33-22)16-3-1-2-4-16)26(38)31-12-15-9-17(11-20(30)10-15)18-13-32-37(14-18)21-7-5-19(29)6-8-21/h5-11,13-14,16H,1-4,12H2,(H,31,38)(H,33,34,35,36). The van der Waals surface area contributed by atoms with Gasteiger partial charge in [-0.05, 0) is 78.0 Å². The van der Waals surface area contributed by atoms with E-state index in [0.717, 1.165) is 31.5 Å². The molecule has 1 amide bonds. The van der Waals surface area contributed by atoms with Crippen molar-refractivity contribution in [2.75, 3.05) is 0 Å². The summed E-state index contributed by atoms with van der Waals surface area (Å²) in [5, 5.41) is 7.03. The van der Waals surface area contributed by atoms with Crippen LogP contribution in [0.25, 0.3) is 28.0 Å². The number of rotatable bonds is 6. The monoisotopic (exact) mass is 533 g/mol. The van der Waals surface area contributed by atoms with Crippen molar-refractivity contribution < 1.29 is 13.6 Å². The molecule has 0 saturated heterocycles. The first-order valence-electron chi connectivity index (χ1n) is 12.2. The molecule has 0 bridgehead atoms. The molecule has 38 heavy (non-hydrogen) atoms. The SMILES string of the molecule is O=C(NCc1cc(F)cc(-c2cnn(-c3ccc(F)cc3)c2)c1)c1nc(Cl)nc2nc(C3CCCC3)[nH]c12. The lowest BCUT2D eigenvalue weighted by molar-refractivity contribution is 0.0947. The molecule has 192 valence electrons. The summed E-state index contributed by atoms with van der Waals surface area (Å²) in [5.74, 6) is -0.180. The fraction of sp³-hybridized carbons (Fsp3) is 0.222. The molecule has 3 heterocycles. The number of hydrogen-bond acceptors (Lipinski definition) is 5. The topological polar surface area (TPSA) is 101 Å². The summed E-state index contributed by atoms with van der Waals surface area (Å²) in [6, 6.07) is 10.4. The summed E-state index contributed by atoms with van der Waals surface area (Å²) in [4.78, 5) is 29.2. The van der Waals surface area contributed by atoms with Crippen molar-refractivity contribution in [2.24, 2.45) is 0 Å². The van der Waals surface area contributed by atoms with E-state index >= 15 is 0 Å². The largest absolute Gasteiger partial charge is 0.347 e. The Labute approximate surface area is 221 Å². The second-order valence-corrected chi connectivity index (χ2v) is 9.66. The van der Waals surface area contributed by atoms with E-state index in [1.54, 1.807) is 35.3 Å². The first-order chi connectivity index (χ1) is 18.4. The quantitative estimate of drug-likeness (QED) is 0.272. The zero-order valence-electron chi connectivity index (χ0n) is 20.1. The number of halogens is 3. The first kappa shape index (κ1) is 24.2. The number of benzene rings is 2. The Balaban J connectivity index is 1.22. The van der Waals surface area contributed by atoms with E-state index in [9.17, 15) is 13.6 Å². The molecule has 0 radical (unpaired) electrons. The number of fused-ring (bicyclic) bond motifs is 1. The minimum atomic E-state index is -0.476. The summed E-state index contributed by atoms with van der Waals surface area (Å²) in [6.07, 6.45) is 7.68. The van der Waals surface area contributed by atoms with Crippen LogP contribution in [0.3, 0.4) is 0 Å². The summed E-state index contributed by atoms with van der Waals surface area (Å²) in [5.41, 5.74) is 3.35. The molecule has 0 atom stereocenters. The maximum Gasteiger partial charge on any atom is 0.272 e. The smallest absolute Gasteiger partial charge is 0.272 e. The number of imidazole rings is 1. The zero-order valence-corrected chi connectivity index (χ0v) is 20.8. The summed E-state index contributed by atoms with van der Waals surface area (Å²) in [7, 11) is 0. The fourth-order valence-corrected chi connectivity index (χ4v) is 5.00. The highest BCUT2D eigenvalue weighted by molar-refractivity contribution is 6.28. The average molecular weight is 534 g/mol. The van der Waals surface area contributed by atoms with Crippen LogP contribution >= 0.6 is 11.6 Å². The van der Waals surface area contributed by atoms with Gasteiger partial charge in [0, 0.05) is 24.2 Å². The predicted molar refractivity (Wildman–Crippen MR) is 138 cm³/mol. The summed E-state index contributed by atoms with van der Waals surface area (Å²) < 4.78 is 29.3. The van der Waals surface area contributed by atoms with Crippen molar-refractivity contribution in [3.63, 3.8) is 0 Å². The molecule has 1 aliphatic rings. The highest BCUT2D eigenvalue weighted by Gasteiger charge is 2.24. The lowest BCUT2D eigenvalue weighted by Crippen LogP contribution is -2.24. The van der Waals surface area contributed by atoms with Crippen LogP contribution in [0, 0.1) is 11.6 Å². The Kier molecular flexibility index (Phi) is 6.32. The van der Waals surface area contributed by atoms with E-state index in [1.165, 1.54) is 24.3 Å². The van der Waals surface area contributed by atoms with Gasteiger partial charge >= 0.3 is 0 Å². The molecule has 1 fully saturated rings. The summed E-state index contributed by atoms with van der Waals surface area (Å²) >= 11 is 6.09. The molecule has 0 spiro atoms. The van der Waals surface area contributed by atoms with E-state index in [0.29, 0.717) is 39.5 Å². The molecule has 5 aromatic rings. The Bertz CT molecular complexity index is 1640. The molecule has 2 N–H and O–H groups in total. The van der Waals surface area contributed by atoms with Crippen LogP contribution in [0.15, 0.2) is 54.9 Å². The van der Waals surface area contributed by atoms with Gasteiger partial charge in [0.15, 0.2) is 11.3 Å². The zero-order chi connectivity index (χ0) is 26.2. The number of carbonyl (C=O) groups excluding carboxylic acids is 1. The van der Waals surface area contributed by atoms with Crippen LogP contribution in [-0.4, -0.2) is 35.6 Å². The molecule has 3 aromatic heterocycles. The van der Waals surface area contributed by atoms with Gasteiger partial charge < -0.3 is 10.3 Å².